The van der Waals surface area contributed by atoms with E-state index in [1.807, 2.05) is 30.3 Å². The number of benzene rings is 4. The number of nitrogens with one attached hydrogen (secondary N) is 2. The second kappa shape index (κ2) is 19.4. The smallest absolute Gasteiger partial charge is 0.335 e. The van der Waals surface area contributed by atoms with E-state index in [2.05, 4.69) is 17.0 Å². The maximum absolute atomic E-state index is 14.2. The Balaban J connectivity index is 1.23. The molecule has 0 fully saturated rings. The van der Waals surface area contributed by atoms with E-state index in [0.29, 0.717) is 12.1 Å². The molecule has 0 saturated carbocycles. The van der Waals surface area contributed by atoms with Crippen molar-refractivity contribution in [2.24, 2.45) is 0 Å². The summed E-state index contributed by atoms with van der Waals surface area (Å²) in [7, 11) is -9.11. The summed E-state index contributed by atoms with van der Waals surface area (Å²) in [5, 5.41) is 4.24. The molecule has 0 radical (unpaired) electrons. The first-order chi connectivity index (χ1) is 24.1. The van der Waals surface area contributed by atoms with Crippen molar-refractivity contribution in [1.82, 2.24) is 0 Å². The van der Waals surface area contributed by atoms with Crippen molar-refractivity contribution in [2.45, 2.75) is 107 Å². The number of anilines is 2. The molecule has 0 unspecified atom stereocenters. The first-order valence-electron chi connectivity index (χ1n) is 17.7. The van der Waals surface area contributed by atoms with Gasteiger partial charge in [0.25, 0.3) is 15.9 Å². The van der Waals surface area contributed by atoms with E-state index in [-0.39, 0.29) is 28.5 Å². The maximum atomic E-state index is 14.2. The minimum Gasteiger partial charge on any atom is -0.492 e. The summed E-state index contributed by atoms with van der Waals surface area (Å²) in [6.07, 6.45) is 16.9. The van der Waals surface area contributed by atoms with E-state index < -0.39 is 31.0 Å². The zero-order valence-electron chi connectivity index (χ0n) is 28.8. The number of sulfonamides is 1. The normalized spacial score (nSPS) is 11.8. The molecule has 0 saturated heterocycles. The lowest BCUT2D eigenvalue weighted by Gasteiger charge is -2.12. The van der Waals surface area contributed by atoms with Crippen molar-refractivity contribution in [1.29, 1.82) is 0 Å². The summed E-state index contributed by atoms with van der Waals surface area (Å²) in [5.41, 5.74) is 0.604. The molecule has 0 aliphatic rings. The number of carbonyl (C=O) groups is 1. The third kappa shape index (κ3) is 12.1. The fourth-order valence-electron chi connectivity index (χ4n) is 5.88. The second-order valence-electron chi connectivity index (χ2n) is 12.7. The Kier molecular flexibility index (Phi) is 15.1. The Labute approximate surface area is 297 Å². The number of hydrogen-bond acceptors (Lipinski definition) is 6. The third-order valence-electron chi connectivity index (χ3n) is 8.68. The highest BCUT2D eigenvalue weighted by Gasteiger charge is 2.22. The predicted molar refractivity (Wildman–Crippen MR) is 200 cm³/mol. The third-order valence-corrected chi connectivity index (χ3v) is 10.9. The Morgan fingerprint density at radius 2 is 1.26 bits per heavy atom. The highest BCUT2D eigenvalue weighted by Crippen LogP contribution is 2.29. The van der Waals surface area contributed by atoms with Gasteiger partial charge in [0.15, 0.2) is 0 Å². The molecule has 1 amide bonds. The molecule has 4 aromatic carbocycles. The lowest BCUT2D eigenvalue weighted by atomic mass is 10.0. The Bertz CT molecular complexity index is 1890. The molecule has 0 bridgehead atoms. The number of fused-ring (bicyclic) bond motifs is 1. The molecule has 0 heterocycles. The van der Waals surface area contributed by atoms with E-state index >= 15 is 0 Å². The van der Waals surface area contributed by atoms with E-state index in [0.717, 1.165) is 36.1 Å². The van der Waals surface area contributed by atoms with E-state index in [9.17, 15) is 25.5 Å². The van der Waals surface area contributed by atoms with Gasteiger partial charge in [-0.1, -0.05) is 127 Å². The number of carbonyl (C=O) groups excluding carboxylic acids is 1. The van der Waals surface area contributed by atoms with Gasteiger partial charge in [-0.2, -0.15) is 8.42 Å². The zero-order valence-corrected chi connectivity index (χ0v) is 30.5. The summed E-state index contributed by atoms with van der Waals surface area (Å²) < 4.78 is 72.5. The largest absolute Gasteiger partial charge is 0.492 e. The van der Waals surface area contributed by atoms with Crippen LogP contribution in [-0.2, 0) is 20.2 Å². The van der Waals surface area contributed by atoms with Gasteiger partial charge < -0.3 is 10.1 Å². The van der Waals surface area contributed by atoms with Gasteiger partial charge >= 0.3 is 10.2 Å². The van der Waals surface area contributed by atoms with Crippen molar-refractivity contribution in [3.63, 3.8) is 0 Å². The first kappa shape index (κ1) is 38.8. The quantitative estimate of drug-likeness (QED) is 0.0615. The van der Waals surface area contributed by atoms with Crippen LogP contribution < -0.4 is 14.8 Å². The molecular formula is C39H49FN2O6S2. The molecule has 8 nitrogen and oxygen atoms in total. The molecule has 2 N–H and O–H groups in total. The number of amides is 1. The van der Waals surface area contributed by atoms with Gasteiger partial charge in [-0.15, -0.1) is 3.89 Å². The Morgan fingerprint density at radius 3 is 1.88 bits per heavy atom. The van der Waals surface area contributed by atoms with Crippen LogP contribution in [0.4, 0.5) is 15.3 Å². The molecule has 50 heavy (non-hydrogen) atoms. The minimum absolute atomic E-state index is 0.0189. The lowest BCUT2D eigenvalue weighted by Crippen LogP contribution is -2.15. The molecular weight excluding hydrogens is 676 g/mol. The molecule has 0 aromatic heterocycles. The maximum Gasteiger partial charge on any atom is 0.335 e. The molecule has 0 spiro atoms. The van der Waals surface area contributed by atoms with Gasteiger partial charge in [0.2, 0.25) is 0 Å². The van der Waals surface area contributed by atoms with Crippen molar-refractivity contribution in [3.8, 4) is 5.75 Å². The molecule has 11 heteroatoms. The second-order valence-corrected chi connectivity index (χ2v) is 15.7. The summed E-state index contributed by atoms with van der Waals surface area (Å²) in [6, 6.07) is 21.8. The Morgan fingerprint density at radius 1 is 0.680 bits per heavy atom. The summed E-state index contributed by atoms with van der Waals surface area (Å²) >= 11 is 0. The lowest BCUT2D eigenvalue weighted by molar-refractivity contribution is 0.102. The van der Waals surface area contributed by atoms with Crippen LogP contribution in [-0.4, -0.2) is 29.3 Å². The number of rotatable bonds is 22. The predicted octanol–water partition coefficient (Wildman–Crippen LogP) is 10.4. The number of halogens is 1. The average Bonchev–Trinajstić information content (AvgIpc) is 3.10. The molecule has 270 valence electrons. The highest BCUT2D eigenvalue weighted by molar-refractivity contribution is 7.92. The van der Waals surface area contributed by atoms with Crippen molar-refractivity contribution < 1.29 is 30.3 Å². The van der Waals surface area contributed by atoms with Gasteiger partial charge in [0.05, 0.1) is 17.2 Å². The van der Waals surface area contributed by atoms with Crippen LogP contribution in [0.25, 0.3) is 10.8 Å². The van der Waals surface area contributed by atoms with Crippen LogP contribution in [0.15, 0.2) is 94.7 Å². The highest BCUT2D eigenvalue weighted by atomic mass is 32.3. The van der Waals surface area contributed by atoms with Crippen LogP contribution in [0.2, 0.25) is 0 Å². The van der Waals surface area contributed by atoms with Crippen LogP contribution in [0.3, 0.4) is 0 Å². The van der Waals surface area contributed by atoms with Gasteiger partial charge in [0.1, 0.15) is 10.6 Å². The summed E-state index contributed by atoms with van der Waals surface area (Å²) in [4.78, 5) is 12.2. The fourth-order valence-corrected chi connectivity index (χ4v) is 7.59. The van der Waals surface area contributed by atoms with Crippen LogP contribution in [0.1, 0.15) is 107 Å². The van der Waals surface area contributed by atoms with Crippen LogP contribution >= 0.6 is 0 Å². The minimum atomic E-state index is -5.17. The molecule has 0 aliphatic carbocycles. The molecule has 4 rings (SSSR count). The van der Waals surface area contributed by atoms with Gasteiger partial charge in [0, 0.05) is 16.6 Å². The van der Waals surface area contributed by atoms with Gasteiger partial charge in [-0.25, -0.2) is 8.42 Å². The van der Waals surface area contributed by atoms with Crippen LogP contribution in [0.5, 0.6) is 5.75 Å². The molecule has 0 aliphatic heterocycles. The zero-order chi connectivity index (χ0) is 35.8. The van der Waals surface area contributed by atoms with E-state index in [1.165, 1.54) is 101 Å². The summed E-state index contributed by atoms with van der Waals surface area (Å²) in [5.74, 6) is -0.843. The van der Waals surface area contributed by atoms with Crippen molar-refractivity contribution in [3.05, 3.63) is 90.5 Å². The van der Waals surface area contributed by atoms with Gasteiger partial charge in [-0.05, 0) is 60.3 Å². The van der Waals surface area contributed by atoms with Gasteiger partial charge in [-0.3, -0.25) is 9.52 Å². The SMILES string of the molecule is CCCCCCCCCCCCCCCCOc1ccc(C(=O)Nc2ccc(S(=O)(=O)Nc3cccc4ccccc34)cc2)cc1S(=O)(=O)F. The fraction of sp³-hybridized carbons (Fsp3) is 0.410. The number of ether oxygens (including phenoxy) is 1. The molecule has 0 atom stereocenters. The average molecular weight is 725 g/mol. The monoisotopic (exact) mass is 724 g/mol. The number of unbranched alkanes of at least 4 members (excludes halogenated alkanes) is 13. The topological polar surface area (TPSA) is 119 Å². The Hall–Kier alpha value is -3.96. The molecule has 4 aromatic rings. The van der Waals surface area contributed by atoms with Crippen molar-refractivity contribution >= 4 is 48.3 Å². The van der Waals surface area contributed by atoms with Crippen LogP contribution in [0, 0.1) is 0 Å². The first-order valence-corrected chi connectivity index (χ1v) is 20.6. The number of hydrogen-bond donors (Lipinski definition) is 2. The summed E-state index contributed by atoms with van der Waals surface area (Å²) in [6.45, 7) is 2.47. The van der Waals surface area contributed by atoms with E-state index in [4.69, 9.17) is 4.74 Å². The standard InChI is InChI=1S/C39H49FN2O6S2/c1-2-3-4-5-6-7-8-9-10-11-12-13-14-17-29-48-37-28-23-32(30-38(37)49(40,44)45)39(43)41-33-24-26-34(27-25-33)50(46,47)42-36-22-18-20-31-19-15-16-21-35(31)36/h15-16,18-28,30,42H,2-14,17,29H2,1H3,(H,41,43). The van der Waals surface area contributed by atoms with Crippen molar-refractivity contribution in [2.75, 3.05) is 16.6 Å². The van der Waals surface area contributed by atoms with E-state index in [1.54, 1.807) is 12.1 Å².